The lowest BCUT2D eigenvalue weighted by atomic mass is 10.1. The highest BCUT2D eigenvalue weighted by molar-refractivity contribution is 5.43. The maximum atomic E-state index is 5.53. The van der Waals surface area contributed by atoms with Gasteiger partial charge in [-0.1, -0.05) is 0 Å². The van der Waals surface area contributed by atoms with Crippen molar-refractivity contribution in [3.05, 3.63) is 12.4 Å². The van der Waals surface area contributed by atoms with E-state index in [9.17, 15) is 0 Å². The Hall–Kier alpha value is -1.36. The number of nitrogens with one attached hydrogen (secondary N) is 1. The van der Waals surface area contributed by atoms with Crippen LogP contribution >= 0.6 is 0 Å². The van der Waals surface area contributed by atoms with Gasteiger partial charge in [0, 0.05) is 19.7 Å². The zero-order chi connectivity index (χ0) is 11.3. The number of aromatic nitrogens is 2. The summed E-state index contributed by atoms with van der Waals surface area (Å²) in [5.74, 6) is 1.22. The average molecular weight is 210 g/mol. The number of nitrogens with two attached hydrogens (primary N) is 1. The minimum Gasteiger partial charge on any atom is -0.384 e. The van der Waals surface area contributed by atoms with Crippen molar-refractivity contribution < 1.29 is 4.74 Å². The summed E-state index contributed by atoms with van der Waals surface area (Å²) < 4.78 is 5.30. The SMILES string of the molecule is COC(C)(C)CCNc1cc(N)ncn1. The topological polar surface area (TPSA) is 73.1 Å². The predicted molar refractivity (Wildman–Crippen MR) is 60.6 cm³/mol. The molecule has 0 saturated carbocycles. The summed E-state index contributed by atoms with van der Waals surface area (Å²) in [7, 11) is 1.71. The normalized spacial score (nSPS) is 11.4. The van der Waals surface area contributed by atoms with Crippen molar-refractivity contribution in [2.45, 2.75) is 25.9 Å². The van der Waals surface area contributed by atoms with Crippen LogP contribution in [0.4, 0.5) is 11.6 Å². The maximum absolute atomic E-state index is 5.53. The number of hydrogen-bond acceptors (Lipinski definition) is 5. The molecule has 1 aromatic heterocycles. The third-order valence-electron chi connectivity index (χ3n) is 2.27. The van der Waals surface area contributed by atoms with E-state index in [-0.39, 0.29) is 5.60 Å². The first-order valence-electron chi connectivity index (χ1n) is 4.90. The third-order valence-corrected chi connectivity index (χ3v) is 2.27. The van der Waals surface area contributed by atoms with Crippen LogP contribution in [0.3, 0.4) is 0 Å². The van der Waals surface area contributed by atoms with E-state index in [4.69, 9.17) is 10.5 Å². The second kappa shape index (κ2) is 4.93. The van der Waals surface area contributed by atoms with Crippen molar-refractivity contribution in [1.82, 2.24) is 9.97 Å². The van der Waals surface area contributed by atoms with Crippen LogP contribution in [0.2, 0.25) is 0 Å². The number of nitrogen functional groups attached to an aromatic ring is 1. The van der Waals surface area contributed by atoms with E-state index in [1.165, 1.54) is 6.33 Å². The highest BCUT2D eigenvalue weighted by Crippen LogP contribution is 2.13. The fourth-order valence-corrected chi connectivity index (χ4v) is 1.06. The van der Waals surface area contributed by atoms with Gasteiger partial charge in [-0.25, -0.2) is 9.97 Å². The summed E-state index contributed by atoms with van der Waals surface area (Å²) in [6, 6.07) is 1.71. The van der Waals surface area contributed by atoms with Gasteiger partial charge in [-0.05, 0) is 20.3 Å². The zero-order valence-electron chi connectivity index (χ0n) is 9.45. The molecule has 0 aliphatic rings. The first-order valence-corrected chi connectivity index (χ1v) is 4.90. The van der Waals surface area contributed by atoms with Crippen LogP contribution in [0.15, 0.2) is 12.4 Å². The highest BCUT2D eigenvalue weighted by Gasteiger charge is 2.15. The third kappa shape index (κ3) is 4.12. The van der Waals surface area contributed by atoms with Crippen LogP contribution in [-0.4, -0.2) is 29.2 Å². The molecule has 3 N–H and O–H groups in total. The van der Waals surface area contributed by atoms with Gasteiger partial charge in [0.1, 0.15) is 18.0 Å². The monoisotopic (exact) mass is 210 g/mol. The van der Waals surface area contributed by atoms with E-state index < -0.39 is 0 Å². The first kappa shape index (κ1) is 11.7. The number of anilines is 2. The molecule has 0 bridgehead atoms. The Balaban J connectivity index is 2.38. The molecule has 5 heteroatoms. The Morgan fingerprint density at radius 2 is 2.20 bits per heavy atom. The molecule has 1 aromatic rings. The molecule has 84 valence electrons. The van der Waals surface area contributed by atoms with Crippen LogP contribution < -0.4 is 11.1 Å². The van der Waals surface area contributed by atoms with E-state index in [1.807, 2.05) is 13.8 Å². The molecule has 1 rings (SSSR count). The molecule has 0 unspecified atom stereocenters. The highest BCUT2D eigenvalue weighted by atomic mass is 16.5. The molecule has 0 aliphatic carbocycles. The smallest absolute Gasteiger partial charge is 0.131 e. The van der Waals surface area contributed by atoms with E-state index >= 15 is 0 Å². The fourth-order valence-electron chi connectivity index (χ4n) is 1.06. The van der Waals surface area contributed by atoms with Gasteiger partial charge < -0.3 is 15.8 Å². The molecule has 0 radical (unpaired) electrons. The lowest BCUT2D eigenvalue weighted by Crippen LogP contribution is -2.25. The Morgan fingerprint density at radius 1 is 1.47 bits per heavy atom. The van der Waals surface area contributed by atoms with E-state index in [0.717, 1.165) is 18.8 Å². The van der Waals surface area contributed by atoms with Crippen LogP contribution in [0, 0.1) is 0 Å². The molecule has 0 fully saturated rings. The lowest BCUT2D eigenvalue weighted by molar-refractivity contribution is 0.0185. The van der Waals surface area contributed by atoms with Crippen LogP contribution in [0.25, 0.3) is 0 Å². The van der Waals surface area contributed by atoms with Gasteiger partial charge in [0.15, 0.2) is 0 Å². The molecular weight excluding hydrogens is 192 g/mol. The van der Waals surface area contributed by atoms with Gasteiger partial charge in [0.2, 0.25) is 0 Å². The van der Waals surface area contributed by atoms with Gasteiger partial charge in [-0.2, -0.15) is 0 Å². The predicted octanol–water partition coefficient (Wildman–Crippen LogP) is 1.29. The zero-order valence-corrected chi connectivity index (χ0v) is 9.45. The van der Waals surface area contributed by atoms with Crippen molar-refractivity contribution in [1.29, 1.82) is 0 Å². The quantitative estimate of drug-likeness (QED) is 0.766. The van der Waals surface area contributed by atoms with Gasteiger partial charge in [-0.3, -0.25) is 0 Å². The molecule has 0 aromatic carbocycles. The minimum absolute atomic E-state index is 0.119. The van der Waals surface area contributed by atoms with E-state index in [2.05, 4.69) is 15.3 Å². The maximum Gasteiger partial charge on any atom is 0.131 e. The summed E-state index contributed by atoms with van der Waals surface area (Å²) in [4.78, 5) is 7.86. The van der Waals surface area contributed by atoms with Gasteiger partial charge in [0.05, 0.1) is 5.60 Å². The molecule has 0 amide bonds. The van der Waals surface area contributed by atoms with Gasteiger partial charge in [-0.15, -0.1) is 0 Å². The molecule has 0 saturated heterocycles. The van der Waals surface area contributed by atoms with E-state index in [1.54, 1.807) is 13.2 Å². The number of hydrogen-bond donors (Lipinski definition) is 2. The number of methoxy groups -OCH3 is 1. The van der Waals surface area contributed by atoms with E-state index in [0.29, 0.717) is 5.82 Å². The average Bonchev–Trinajstić information content (AvgIpc) is 2.18. The largest absolute Gasteiger partial charge is 0.384 e. The molecule has 0 atom stereocenters. The summed E-state index contributed by atoms with van der Waals surface area (Å²) in [6.07, 6.45) is 2.34. The van der Waals surface area contributed by atoms with Crippen molar-refractivity contribution in [3.63, 3.8) is 0 Å². The second-order valence-corrected chi connectivity index (χ2v) is 3.97. The molecule has 5 nitrogen and oxygen atoms in total. The summed E-state index contributed by atoms with van der Waals surface area (Å²) in [5, 5.41) is 3.16. The number of rotatable bonds is 5. The van der Waals surface area contributed by atoms with Gasteiger partial charge >= 0.3 is 0 Å². The second-order valence-electron chi connectivity index (χ2n) is 3.97. The molecule has 0 aliphatic heterocycles. The van der Waals surface area contributed by atoms with Crippen molar-refractivity contribution in [3.8, 4) is 0 Å². The Morgan fingerprint density at radius 3 is 2.80 bits per heavy atom. The van der Waals surface area contributed by atoms with Crippen LogP contribution in [0.1, 0.15) is 20.3 Å². The van der Waals surface area contributed by atoms with Crippen LogP contribution in [0.5, 0.6) is 0 Å². The summed E-state index contributed by atoms with van der Waals surface area (Å²) in [5.41, 5.74) is 5.41. The minimum atomic E-state index is -0.119. The molecule has 0 spiro atoms. The Bertz CT molecular complexity index is 314. The van der Waals surface area contributed by atoms with Crippen LogP contribution in [-0.2, 0) is 4.74 Å². The Kier molecular flexibility index (Phi) is 3.85. The van der Waals surface area contributed by atoms with Crippen molar-refractivity contribution in [2.75, 3.05) is 24.7 Å². The summed E-state index contributed by atoms with van der Waals surface area (Å²) in [6.45, 7) is 4.88. The fraction of sp³-hybridized carbons (Fsp3) is 0.600. The lowest BCUT2D eigenvalue weighted by Gasteiger charge is -2.22. The number of nitrogens with zero attached hydrogens (tertiary/aromatic N) is 2. The Labute approximate surface area is 90.1 Å². The first-order chi connectivity index (χ1) is 7.03. The van der Waals surface area contributed by atoms with Crippen molar-refractivity contribution >= 4 is 11.6 Å². The standard InChI is InChI=1S/C10H18N4O/c1-10(2,15-3)4-5-12-9-6-8(11)13-7-14-9/h6-7H,4-5H2,1-3H3,(H3,11,12,13,14). The molecule has 1 heterocycles. The molecular formula is C10H18N4O. The van der Waals surface area contributed by atoms with Crippen molar-refractivity contribution in [2.24, 2.45) is 0 Å². The van der Waals surface area contributed by atoms with Gasteiger partial charge in [0.25, 0.3) is 0 Å². The summed E-state index contributed by atoms with van der Waals surface area (Å²) >= 11 is 0. The number of ether oxygens (including phenoxy) is 1. The molecule has 15 heavy (non-hydrogen) atoms.